The molecule has 0 bridgehead atoms. The fourth-order valence-electron chi connectivity index (χ4n) is 4.05. The molecule has 0 spiro atoms. The molecule has 0 N–H and O–H groups in total. The number of benzene rings is 2. The molecule has 158 valence electrons. The predicted molar refractivity (Wildman–Crippen MR) is 114 cm³/mol. The van der Waals surface area contributed by atoms with Gasteiger partial charge in [-0.1, -0.05) is 25.1 Å². The van der Waals surface area contributed by atoms with E-state index in [4.69, 9.17) is 4.74 Å². The van der Waals surface area contributed by atoms with Crippen molar-refractivity contribution in [2.75, 3.05) is 6.61 Å². The molecule has 1 atom stereocenters. The molecule has 1 aliphatic rings. The minimum atomic E-state index is -4.32. The molecule has 0 amide bonds. The molecule has 0 saturated carbocycles. The van der Waals surface area contributed by atoms with Gasteiger partial charge in [-0.3, -0.25) is 0 Å². The maximum atomic E-state index is 12.8. The molecule has 6 heteroatoms. The quantitative estimate of drug-likeness (QED) is 0.412. The molecule has 0 saturated heterocycles. The Bertz CT molecular complexity index is 1020. The number of alkyl halides is 3. The van der Waals surface area contributed by atoms with E-state index in [-0.39, 0.29) is 0 Å². The first-order valence-electron chi connectivity index (χ1n) is 10.2. The number of hydrogen-bond acceptors (Lipinski definition) is 3. The summed E-state index contributed by atoms with van der Waals surface area (Å²) in [5.74, 6) is 1.57. The second-order valence-electron chi connectivity index (χ2n) is 7.70. The monoisotopic (exact) mass is 431 g/mol. The highest BCUT2D eigenvalue weighted by Crippen LogP contribution is 2.37. The summed E-state index contributed by atoms with van der Waals surface area (Å²) in [4.78, 5) is 5.70. The summed E-state index contributed by atoms with van der Waals surface area (Å²) in [5.41, 5.74) is 3.84. The molecule has 0 fully saturated rings. The van der Waals surface area contributed by atoms with E-state index < -0.39 is 11.7 Å². The van der Waals surface area contributed by atoms with Crippen LogP contribution in [0, 0.1) is 6.92 Å². The third kappa shape index (κ3) is 4.38. The summed E-state index contributed by atoms with van der Waals surface area (Å²) in [6.07, 6.45) is -0.142. The van der Waals surface area contributed by atoms with Crippen LogP contribution in [0.2, 0.25) is 0 Å². The average molecular weight is 432 g/mol. The van der Waals surface area contributed by atoms with E-state index in [0.29, 0.717) is 24.5 Å². The van der Waals surface area contributed by atoms with Crippen molar-refractivity contribution >= 4 is 11.3 Å². The third-order valence-electron chi connectivity index (χ3n) is 5.77. The Labute approximate surface area is 178 Å². The van der Waals surface area contributed by atoms with Gasteiger partial charge in [-0.2, -0.15) is 13.2 Å². The first kappa shape index (κ1) is 20.9. The SMILES string of the molecule is CC[C@@H]1CCc2cc(OCCc3nc(-c4ccc(C(F)(F)F)cc4)sc3C)ccc21. The zero-order valence-electron chi connectivity index (χ0n) is 17.1. The van der Waals surface area contributed by atoms with Crippen LogP contribution in [-0.2, 0) is 19.0 Å². The Morgan fingerprint density at radius 2 is 1.90 bits per heavy atom. The van der Waals surface area contributed by atoms with Crippen LogP contribution >= 0.6 is 11.3 Å². The lowest BCUT2D eigenvalue weighted by Gasteiger charge is -2.10. The van der Waals surface area contributed by atoms with Gasteiger partial charge in [0.25, 0.3) is 0 Å². The number of hydrogen-bond donors (Lipinski definition) is 0. The summed E-state index contributed by atoms with van der Waals surface area (Å²) in [6.45, 7) is 4.74. The van der Waals surface area contributed by atoms with Gasteiger partial charge in [0.05, 0.1) is 17.9 Å². The van der Waals surface area contributed by atoms with Gasteiger partial charge in [0.15, 0.2) is 0 Å². The number of thiazole rings is 1. The number of fused-ring (bicyclic) bond motifs is 1. The summed E-state index contributed by atoms with van der Waals surface area (Å²) in [7, 11) is 0. The molecule has 1 aliphatic carbocycles. The highest BCUT2D eigenvalue weighted by molar-refractivity contribution is 7.15. The normalized spacial score (nSPS) is 16.0. The number of halogens is 3. The average Bonchev–Trinajstić information content (AvgIpc) is 3.30. The standard InChI is InChI=1S/C24H24F3NOS/c1-3-16-4-5-18-14-20(10-11-21(16)18)29-13-12-22-15(2)30-23(28-22)17-6-8-19(9-7-17)24(25,26)27/h6-11,14,16H,3-5,12-13H2,1-2H3/t16-/m1/s1. The molecule has 0 aliphatic heterocycles. The fraction of sp³-hybridized carbons (Fsp3) is 0.375. The van der Waals surface area contributed by atoms with Crippen LogP contribution in [0.25, 0.3) is 10.6 Å². The lowest BCUT2D eigenvalue weighted by atomic mass is 9.99. The molecule has 0 radical (unpaired) electrons. The highest BCUT2D eigenvalue weighted by atomic mass is 32.1. The topological polar surface area (TPSA) is 22.1 Å². The number of aromatic nitrogens is 1. The van der Waals surface area contributed by atoms with Crippen LogP contribution in [0.1, 0.15) is 52.9 Å². The van der Waals surface area contributed by atoms with Crippen LogP contribution in [0.3, 0.4) is 0 Å². The van der Waals surface area contributed by atoms with Gasteiger partial charge in [-0.05, 0) is 67.5 Å². The van der Waals surface area contributed by atoms with E-state index in [1.807, 2.05) is 13.0 Å². The van der Waals surface area contributed by atoms with E-state index in [9.17, 15) is 13.2 Å². The molecule has 2 nitrogen and oxygen atoms in total. The molecule has 2 aromatic carbocycles. The van der Waals surface area contributed by atoms with Crippen molar-refractivity contribution in [1.82, 2.24) is 4.98 Å². The van der Waals surface area contributed by atoms with E-state index in [2.05, 4.69) is 24.0 Å². The molecule has 3 aromatic rings. The maximum absolute atomic E-state index is 12.8. The molecular formula is C24H24F3NOS. The van der Waals surface area contributed by atoms with Gasteiger partial charge < -0.3 is 4.74 Å². The predicted octanol–water partition coefficient (Wildman–Crippen LogP) is 7.20. The third-order valence-corrected chi connectivity index (χ3v) is 6.83. The molecular weight excluding hydrogens is 407 g/mol. The summed E-state index contributed by atoms with van der Waals surface area (Å²) in [6, 6.07) is 11.6. The number of ether oxygens (including phenoxy) is 1. The van der Waals surface area contributed by atoms with E-state index >= 15 is 0 Å². The Morgan fingerprint density at radius 3 is 2.60 bits per heavy atom. The van der Waals surface area contributed by atoms with Crippen molar-refractivity contribution in [2.45, 2.75) is 51.6 Å². The van der Waals surface area contributed by atoms with Crippen molar-refractivity contribution in [1.29, 1.82) is 0 Å². The van der Waals surface area contributed by atoms with Gasteiger partial charge in [0.1, 0.15) is 10.8 Å². The Hall–Kier alpha value is -2.34. The number of aryl methyl sites for hydroxylation is 2. The van der Waals surface area contributed by atoms with Gasteiger partial charge in [0, 0.05) is 16.9 Å². The van der Waals surface area contributed by atoms with Crippen LogP contribution in [0.4, 0.5) is 13.2 Å². The second kappa shape index (κ2) is 8.42. The first-order chi connectivity index (χ1) is 14.3. The second-order valence-corrected chi connectivity index (χ2v) is 8.90. The van der Waals surface area contributed by atoms with Gasteiger partial charge in [-0.25, -0.2) is 4.98 Å². The zero-order chi connectivity index (χ0) is 21.3. The Kier molecular flexibility index (Phi) is 5.87. The van der Waals surface area contributed by atoms with Crippen molar-refractivity contribution in [3.05, 3.63) is 69.7 Å². The Balaban J connectivity index is 1.39. The van der Waals surface area contributed by atoms with Crippen molar-refractivity contribution < 1.29 is 17.9 Å². The smallest absolute Gasteiger partial charge is 0.416 e. The minimum Gasteiger partial charge on any atom is -0.493 e. The highest BCUT2D eigenvalue weighted by Gasteiger charge is 2.30. The van der Waals surface area contributed by atoms with E-state index in [0.717, 1.165) is 39.9 Å². The summed E-state index contributed by atoms with van der Waals surface area (Å²) in [5, 5.41) is 0.736. The number of rotatable bonds is 6. The number of nitrogens with zero attached hydrogens (tertiary/aromatic N) is 1. The van der Waals surface area contributed by atoms with Crippen LogP contribution in [0.15, 0.2) is 42.5 Å². The van der Waals surface area contributed by atoms with Crippen LogP contribution < -0.4 is 4.74 Å². The first-order valence-corrected chi connectivity index (χ1v) is 11.1. The zero-order valence-corrected chi connectivity index (χ0v) is 17.9. The van der Waals surface area contributed by atoms with E-state index in [1.165, 1.54) is 47.4 Å². The molecule has 1 aromatic heterocycles. The van der Waals surface area contributed by atoms with Crippen molar-refractivity contribution in [2.24, 2.45) is 0 Å². The minimum absolute atomic E-state index is 0.521. The van der Waals surface area contributed by atoms with Crippen LogP contribution in [0.5, 0.6) is 5.75 Å². The van der Waals surface area contributed by atoms with Crippen molar-refractivity contribution in [3.63, 3.8) is 0 Å². The fourth-order valence-corrected chi connectivity index (χ4v) is 5.01. The van der Waals surface area contributed by atoms with E-state index in [1.54, 1.807) is 0 Å². The summed E-state index contributed by atoms with van der Waals surface area (Å²) < 4.78 is 44.2. The molecule has 0 unspecified atom stereocenters. The van der Waals surface area contributed by atoms with Gasteiger partial charge in [0.2, 0.25) is 0 Å². The molecule has 4 rings (SSSR count). The molecule has 1 heterocycles. The van der Waals surface area contributed by atoms with Crippen molar-refractivity contribution in [3.8, 4) is 16.3 Å². The van der Waals surface area contributed by atoms with Crippen LogP contribution in [-0.4, -0.2) is 11.6 Å². The van der Waals surface area contributed by atoms with Gasteiger partial charge in [-0.15, -0.1) is 11.3 Å². The lowest BCUT2D eigenvalue weighted by molar-refractivity contribution is -0.137. The lowest BCUT2D eigenvalue weighted by Crippen LogP contribution is -2.04. The Morgan fingerprint density at radius 1 is 1.13 bits per heavy atom. The maximum Gasteiger partial charge on any atom is 0.416 e. The molecule has 30 heavy (non-hydrogen) atoms. The van der Waals surface area contributed by atoms with Gasteiger partial charge >= 0.3 is 6.18 Å². The summed E-state index contributed by atoms with van der Waals surface area (Å²) >= 11 is 1.50. The largest absolute Gasteiger partial charge is 0.493 e.